The lowest BCUT2D eigenvalue weighted by atomic mass is 10.1. The zero-order valence-corrected chi connectivity index (χ0v) is 8.98. The van der Waals surface area contributed by atoms with Crippen LogP contribution < -0.4 is 5.73 Å². The summed E-state index contributed by atoms with van der Waals surface area (Å²) < 4.78 is 52.7. The van der Waals surface area contributed by atoms with Gasteiger partial charge in [-0.1, -0.05) is 0 Å². The molecule has 0 radical (unpaired) electrons. The Bertz CT molecular complexity index is 569. The Balaban J connectivity index is 2.89. The SMILES string of the molecule is Cn1c(C(F)(F)F)c(CN)c2cc(F)ccc21. The molecule has 0 aliphatic rings. The summed E-state index contributed by atoms with van der Waals surface area (Å²) in [6.45, 7) is -0.282. The predicted octanol–water partition coefficient (Wildman–Crippen LogP) is 2.79. The van der Waals surface area contributed by atoms with E-state index in [1.54, 1.807) is 0 Å². The van der Waals surface area contributed by atoms with E-state index in [-0.39, 0.29) is 17.5 Å². The lowest BCUT2D eigenvalue weighted by Gasteiger charge is -2.10. The second-order valence-corrected chi connectivity index (χ2v) is 3.75. The molecule has 1 aromatic heterocycles. The van der Waals surface area contributed by atoms with Gasteiger partial charge in [0, 0.05) is 30.1 Å². The van der Waals surface area contributed by atoms with Gasteiger partial charge in [0.05, 0.1) is 0 Å². The highest BCUT2D eigenvalue weighted by Gasteiger charge is 2.37. The molecule has 92 valence electrons. The smallest absolute Gasteiger partial charge is 0.340 e. The van der Waals surface area contributed by atoms with Crippen LogP contribution in [-0.4, -0.2) is 4.57 Å². The molecule has 17 heavy (non-hydrogen) atoms. The molecule has 1 heterocycles. The van der Waals surface area contributed by atoms with Crippen LogP contribution in [-0.2, 0) is 19.8 Å². The molecular formula is C11H10F4N2. The van der Waals surface area contributed by atoms with Gasteiger partial charge in [-0.25, -0.2) is 4.39 Å². The molecule has 0 fully saturated rings. The zero-order chi connectivity index (χ0) is 12.8. The standard InChI is InChI=1S/C11H10F4N2/c1-17-9-3-2-6(12)4-7(9)8(5-16)10(17)11(13,14)15/h2-4H,5,16H2,1H3. The lowest BCUT2D eigenvalue weighted by molar-refractivity contribution is -0.143. The normalized spacial score (nSPS) is 12.4. The van der Waals surface area contributed by atoms with Gasteiger partial charge in [0.1, 0.15) is 11.5 Å². The predicted molar refractivity (Wildman–Crippen MR) is 55.8 cm³/mol. The fourth-order valence-corrected chi connectivity index (χ4v) is 2.06. The molecule has 0 amide bonds. The highest BCUT2D eigenvalue weighted by atomic mass is 19.4. The van der Waals surface area contributed by atoms with Crippen LogP contribution in [0.4, 0.5) is 17.6 Å². The van der Waals surface area contributed by atoms with Crippen LogP contribution in [0, 0.1) is 5.82 Å². The van der Waals surface area contributed by atoms with Crippen LogP contribution in [0.3, 0.4) is 0 Å². The Labute approximate surface area is 94.6 Å². The molecule has 0 atom stereocenters. The maximum absolute atomic E-state index is 13.1. The largest absolute Gasteiger partial charge is 0.431 e. The van der Waals surface area contributed by atoms with E-state index in [0.717, 1.165) is 16.7 Å². The van der Waals surface area contributed by atoms with Gasteiger partial charge in [-0.05, 0) is 18.2 Å². The summed E-state index contributed by atoms with van der Waals surface area (Å²) in [4.78, 5) is 0. The third-order valence-electron chi connectivity index (χ3n) is 2.74. The second kappa shape index (κ2) is 3.73. The first-order valence-electron chi connectivity index (χ1n) is 4.90. The molecule has 2 N–H and O–H groups in total. The van der Waals surface area contributed by atoms with Crippen molar-refractivity contribution in [2.75, 3.05) is 0 Å². The first-order valence-corrected chi connectivity index (χ1v) is 4.90. The van der Waals surface area contributed by atoms with Crippen molar-refractivity contribution in [1.29, 1.82) is 0 Å². The van der Waals surface area contributed by atoms with Gasteiger partial charge in [0.25, 0.3) is 0 Å². The van der Waals surface area contributed by atoms with E-state index in [2.05, 4.69) is 0 Å². The summed E-state index contributed by atoms with van der Waals surface area (Å²) in [5.41, 5.74) is 4.77. The summed E-state index contributed by atoms with van der Waals surface area (Å²) >= 11 is 0. The Hall–Kier alpha value is -1.56. The van der Waals surface area contributed by atoms with Crippen molar-refractivity contribution in [3.05, 3.63) is 35.3 Å². The van der Waals surface area contributed by atoms with Crippen LogP contribution in [0.25, 0.3) is 10.9 Å². The van der Waals surface area contributed by atoms with Gasteiger partial charge in [-0.15, -0.1) is 0 Å². The number of nitrogens with zero attached hydrogens (tertiary/aromatic N) is 1. The highest BCUT2D eigenvalue weighted by molar-refractivity contribution is 5.85. The number of fused-ring (bicyclic) bond motifs is 1. The molecule has 2 rings (SSSR count). The fourth-order valence-electron chi connectivity index (χ4n) is 2.06. The van der Waals surface area contributed by atoms with Crippen molar-refractivity contribution in [1.82, 2.24) is 4.57 Å². The number of aromatic nitrogens is 1. The summed E-state index contributed by atoms with van der Waals surface area (Å²) in [6, 6.07) is 3.52. The number of nitrogens with two attached hydrogens (primary N) is 1. The second-order valence-electron chi connectivity index (χ2n) is 3.75. The Morgan fingerprint density at radius 1 is 1.29 bits per heavy atom. The van der Waals surface area contributed by atoms with Crippen molar-refractivity contribution < 1.29 is 17.6 Å². The summed E-state index contributed by atoms with van der Waals surface area (Å²) in [5, 5.41) is 0.210. The third-order valence-corrected chi connectivity index (χ3v) is 2.74. The molecule has 0 saturated heterocycles. The lowest BCUT2D eigenvalue weighted by Crippen LogP contribution is -2.15. The molecule has 0 bridgehead atoms. The van der Waals surface area contributed by atoms with Crippen LogP contribution in [0.5, 0.6) is 0 Å². The monoisotopic (exact) mass is 246 g/mol. The zero-order valence-electron chi connectivity index (χ0n) is 8.98. The van der Waals surface area contributed by atoms with Crippen molar-refractivity contribution >= 4 is 10.9 Å². The van der Waals surface area contributed by atoms with Crippen molar-refractivity contribution in [3.8, 4) is 0 Å². The van der Waals surface area contributed by atoms with Gasteiger partial charge in [-0.2, -0.15) is 13.2 Å². The van der Waals surface area contributed by atoms with E-state index in [9.17, 15) is 17.6 Å². The molecule has 0 spiro atoms. The van der Waals surface area contributed by atoms with Gasteiger partial charge >= 0.3 is 6.18 Å². The Morgan fingerprint density at radius 3 is 2.47 bits per heavy atom. The minimum absolute atomic E-state index is 0.0745. The molecule has 2 aromatic rings. The minimum Gasteiger partial charge on any atom is -0.340 e. The number of rotatable bonds is 1. The first-order chi connectivity index (χ1) is 7.86. The van der Waals surface area contributed by atoms with E-state index in [1.165, 1.54) is 13.1 Å². The molecule has 0 aliphatic carbocycles. The van der Waals surface area contributed by atoms with Gasteiger partial charge in [0.15, 0.2) is 0 Å². The number of aryl methyl sites for hydroxylation is 1. The molecular weight excluding hydrogens is 236 g/mol. The van der Waals surface area contributed by atoms with E-state index < -0.39 is 17.7 Å². The van der Waals surface area contributed by atoms with Crippen molar-refractivity contribution in [3.63, 3.8) is 0 Å². The van der Waals surface area contributed by atoms with Crippen LogP contribution in [0.15, 0.2) is 18.2 Å². The fraction of sp³-hybridized carbons (Fsp3) is 0.273. The topological polar surface area (TPSA) is 30.9 Å². The molecule has 1 aromatic carbocycles. The third kappa shape index (κ3) is 1.78. The van der Waals surface area contributed by atoms with Crippen LogP contribution in [0.1, 0.15) is 11.3 Å². The van der Waals surface area contributed by atoms with Crippen molar-refractivity contribution in [2.45, 2.75) is 12.7 Å². The van der Waals surface area contributed by atoms with E-state index in [1.807, 2.05) is 0 Å². The van der Waals surface area contributed by atoms with Crippen molar-refractivity contribution in [2.24, 2.45) is 12.8 Å². The number of halogens is 4. The molecule has 6 heteroatoms. The maximum atomic E-state index is 13.1. The summed E-state index contributed by atoms with van der Waals surface area (Å²) in [5.74, 6) is -0.577. The number of alkyl halides is 3. The van der Waals surface area contributed by atoms with Gasteiger partial charge < -0.3 is 10.3 Å². The number of hydrogen-bond acceptors (Lipinski definition) is 1. The Kier molecular flexibility index (Phi) is 2.61. The maximum Gasteiger partial charge on any atom is 0.431 e. The minimum atomic E-state index is -4.50. The van der Waals surface area contributed by atoms with E-state index in [4.69, 9.17) is 5.73 Å². The molecule has 0 unspecified atom stereocenters. The molecule has 2 nitrogen and oxygen atoms in total. The summed E-state index contributed by atoms with van der Waals surface area (Å²) in [6.07, 6.45) is -4.50. The highest BCUT2D eigenvalue weighted by Crippen LogP contribution is 2.37. The average molecular weight is 246 g/mol. The van der Waals surface area contributed by atoms with Gasteiger partial charge in [-0.3, -0.25) is 0 Å². The van der Waals surface area contributed by atoms with Crippen LogP contribution in [0.2, 0.25) is 0 Å². The first kappa shape index (κ1) is 11.9. The number of benzene rings is 1. The van der Waals surface area contributed by atoms with E-state index in [0.29, 0.717) is 5.52 Å². The van der Waals surface area contributed by atoms with E-state index >= 15 is 0 Å². The Morgan fingerprint density at radius 2 is 1.94 bits per heavy atom. The van der Waals surface area contributed by atoms with Crippen LogP contribution >= 0.6 is 0 Å². The summed E-state index contributed by atoms with van der Waals surface area (Å²) in [7, 11) is 1.29. The molecule has 0 saturated carbocycles. The molecule has 0 aliphatic heterocycles. The number of hydrogen-bond donors (Lipinski definition) is 1. The average Bonchev–Trinajstić information content (AvgIpc) is 2.50. The quantitative estimate of drug-likeness (QED) is 0.771. The van der Waals surface area contributed by atoms with Gasteiger partial charge in [0.2, 0.25) is 0 Å².